The second-order valence-electron chi connectivity index (χ2n) is 6.80. The van der Waals surface area contributed by atoms with Crippen LogP contribution in [-0.4, -0.2) is 26.4 Å². The second-order valence-corrected chi connectivity index (χ2v) is 8.15. The summed E-state index contributed by atoms with van der Waals surface area (Å²) < 4.78 is 20.8. The Morgan fingerprint density at radius 2 is 2.06 bits per heavy atom. The van der Waals surface area contributed by atoms with Crippen molar-refractivity contribution in [2.24, 2.45) is 0 Å². The van der Waals surface area contributed by atoms with Crippen LogP contribution in [-0.2, 0) is 17.9 Å². The Bertz CT molecular complexity index is 1100. The van der Waals surface area contributed by atoms with Gasteiger partial charge in [0.05, 0.1) is 10.8 Å². The highest BCUT2D eigenvalue weighted by Crippen LogP contribution is 2.23. The molecule has 0 spiro atoms. The van der Waals surface area contributed by atoms with E-state index in [1.807, 2.05) is 36.6 Å². The van der Waals surface area contributed by atoms with E-state index in [0.717, 1.165) is 11.3 Å². The molecule has 3 aromatic rings. The first kappa shape index (κ1) is 22.8. The summed E-state index contributed by atoms with van der Waals surface area (Å²) in [6.45, 7) is 8.35. The molecule has 0 aliphatic heterocycles. The van der Waals surface area contributed by atoms with Crippen LogP contribution in [0.5, 0.6) is 5.75 Å². The van der Waals surface area contributed by atoms with Crippen LogP contribution in [0.4, 0.5) is 10.1 Å². The molecule has 1 aromatic heterocycles. The Morgan fingerprint density at radius 1 is 1.26 bits per heavy atom. The van der Waals surface area contributed by atoms with Crippen molar-refractivity contribution in [3.05, 3.63) is 76.8 Å². The monoisotopic (exact) mass is 460 g/mol. The summed E-state index contributed by atoms with van der Waals surface area (Å²) in [4.78, 5) is 12.4. The highest BCUT2D eigenvalue weighted by atomic mass is 35.5. The predicted molar refractivity (Wildman–Crippen MR) is 121 cm³/mol. The molecule has 31 heavy (non-hydrogen) atoms. The van der Waals surface area contributed by atoms with E-state index in [1.54, 1.807) is 6.08 Å². The van der Waals surface area contributed by atoms with E-state index >= 15 is 0 Å². The number of anilines is 1. The summed E-state index contributed by atoms with van der Waals surface area (Å²) in [7, 11) is 0. The molecule has 0 aliphatic rings. The summed E-state index contributed by atoms with van der Waals surface area (Å²) in [5.74, 6) is 0.497. The van der Waals surface area contributed by atoms with Crippen molar-refractivity contribution in [1.29, 1.82) is 0 Å². The average molecular weight is 461 g/mol. The lowest BCUT2D eigenvalue weighted by Gasteiger charge is -2.10. The van der Waals surface area contributed by atoms with Crippen molar-refractivity contribution in [3.63, 3.8) is 0 Å². The van der Waals surface area contributed by atoms with Crippen molar-refractivity contribution in [2.45, 2.75) is 32.2 Å². The Labute approximate surface area is 189 Å². The first-order valence-electron chi connectivity index (χ1n) is 9.48. The normalized spacial score (nSPS) is 10.7. The zero-order chi connectivity index (χ0) is 22.4. The molecule has 0 fully saturated rings. The third-order valence-electron chi connectivity index (χ3n) is 4.49. The summed E-state index contributed by atoms with van der Waals surface area (Å²) in [6, 6.07) is 9.92. The van der Waals surface area contributed by atoms with Gasteiger partial charge < -0.3 is 10.1 Å². The number of hydrogen-bond acceptors (Lipinski definition) is 5. The molecule has 0 radical (unpaired) electrons. The SMILES string of the molecule is C=CCn1c(COc2ccc(F)c(Cl)c2)nnc1SCC(=O)Nc1ccc(C)c(C)c1. The smallest absolute Gasteiger partial charge is 0.234 e. The minimum Gasteiger partial charge on any atom is -0.486 e. The first-order valence-corrected chi connectivity index (χ1v) is 10.8. The Hall–Kier alpha value is -2.84. The van der Waals surface area contributed by atoms with Gasteiger partial charge in [-0.2, -0.15) is 0 Å². The molecule has 0 bridgehead atoms. The van der Waals surface area contributed by atoms with Gasteiger partial charge in [-0.15, -0.1) is 16.8 Å². The topological polar surface area (TPSA) is 69.0 Å². The van der Waals surface area contributed by atoms with E-state index in [0.29, 0.717) is 23.3 Å². The van der Waals surface area contributed by atoms with Gasteiger partial charge in [0, 0.05) is 18.3 Å². The van der Waals surface area contributed by atoms with Crippen molar-refractivity contribution in [3.8, 4) is 5.75 Å². The van der Waals surface area contributed by atoms with Gasteiger partial charge in [0.2, 0.25) is 5.91 Å². The van der Waals surface area contributed by atoms with Gasteiger partial charge in [-0.3, -0.25) is 9.36 Å². The number of aryl methyl sites for hydroxylation is 2. The fraction of sp³-hybridized carbons (Fsp3) is 0.227. The number of carbonyl (C=O) groups is 1. The molecule has 0 saturated carbocycles. The number of thioether (sulfide) groups is 1. The number of nitrogens with zero attached hydrogens (tertiary/aromatic N) is 3. The highest BCUT2D eigenvalue weighted by molar-refractivity contribution is 7.99. The van der Waals surface area contributed by atoms with Crippen LogP contribution in [0.25, 0.3) is 0 Å². The number of halogens is 2. The van der Waals surface area contributed by atoms with Crippen molar-refractivity contribution >= 4 is 35.0 Å². The van der Waals surface area contributed by atoms with E-state index in [2.05, 4.69) is 22.1 Å². The van der Waals surface area contributed by atoms with Gasteiger partial charge in [-0.05, 0) is 49.2 Å². The van der Waals surface area contributed by atoms with Gasteiger partial charge in [-0.25, -0.2) is 4.39 Å². The van der Waals surface area contributed by atoms with Crippen molar-refractivity contribution < 1.29 is 13.9 Å². The lowest BCUT2D eigenvalue weighted by molar-refractivity contribution is -0.113. The third kappa shape index (κ3) is 6.08. The minimum absolute atomic E-state index is 0.0175. The maximum Gasteiger partial charge on any atom is 0.234 e. The van der Waals surface area contributed by atoms with Crippen molar-refractivity contribution in [2.75, 3.05) is 11.1 Å². The molecule has 1 N–H and O–H groups in total. The Kier molecular flexibility index (Phi) is 7.70. The fourth-order valence-corrected chi connectivity index (χ4v) is 3.64. The molecule has 3 rings (SSSR count). The Balaban J connectivity index is 1.62. The summed E-state index contributed by atoms with van der Waals surface area (Å²) in [5, 5.41) is 11.8. The standard InChI is InChI=1S/C22H22ClFN4O2S/c1-4-9-28-20(12-30-17-7-8-19(24)18(23)11-17)26-27-22(28)31-13-21(29)25-16-6-5-14(2)15(3)10-16/h4-8,10-11H,1,9,12-13H2,2-3H3,(H,25,29). The zero-order valence-corrected chi connectivity index (χ0v) is 18.8. The zero-order valence-electron chi connectivity index (χ0n) is 17.2. The van der Waals surface area contributed by atoms with E-state index in [4.69, 9.17) is 16.3 Å². The van der Waals surface area contributed by atoms with Crippen LogP contribution in [0.15, 0.2) is 54.2 Å². The van der Waals surface area contributed by atoms with Crippen molar-refractivity contribution in [1.82, 2.24) is 14.8 Å². The van der Waals surface area contributed by atoms with Crippen LogP contribution < -0.4 is 10.1 Å². The Morgan fingerprint density at radius 3 is 2.77 bits per heavy atom. The summed E-state index contributed by atoms with van der Waals surface area (Å²) >= 11 is 7.06. The van der Waals surface area contributed by atoms with Crippen LogP contribution in [0.2, 0.25) is 5.02 Å². The van der Waals surface area contributed by atoms with Crippen LogP contribution >= 0.6 is 23.4 Å². The first-order chi connectivity index (χ1) is 14.9. The molecular formula is C22H22ClFN4O2S. The van der Waals surface area contributed by atoms with E-state index in [-0.39, 0.29) is 23.3 Å². The quantitative estimate of drug-likeness (QED) is 0.352. The van der Waals surface area contributed by atoms with Gasteiger partial charge in [0.15, 0.2) is 11.0 Å². The van der Waals surface area contributed by atoms with Gasteiger partial charge in [0.1, 0.15) is 18.2 Å². The molecule has 162 valence electrons. The summed E-state index contributed by atoms with van der Waals surface area (Å²) in [5.41, 5.74) is 3.04. The number of aromatic nitrogens is 3. The lowest BCUT2D eigenvalue weighted by Crippen LogP contribution is -2.15. The number of carbonyl (C=O) groups excluding carboxylic acids is 1. The molecule has 1 heterocycles. The van der Waals surface area contributed by atoms with Crippen LogP contribution in [0, 0.1) is 19.7 Å². The number of benzene rings is 2. The molecule has 1 amide bonds. The molecule has 0 saturated heterocycles. The van der Waals surface area contributed by atoms with Crippen LogP contribution in [0.3, 0.4) is 0 Å². The third-order valence-corrected chi connectivity index (χ3v) is 5.74. The number of hydrogen-bond donors (Lipinski definition) is 1. The van der Waals surface area contributed by atoms with Gasteiger partial charge in [-0.1, -0.05) is 35.5 Å². The molecule has 0 unspecified atom stereocenters. The van der Waals surface area contributed by atoms with Crippen LogP contribution in [0.1, 0.15) is 17.0 Å². The van der Waals surface area contributed by atoms with E-state index in [9.17, 15) is 9.18 Å². The molecule has 2 aromatic carbocycles. The number of allylic oxidation sites excluding steroid dienone is 1. The molecule has 0 aliphatic carbocycles. The van der Waals surface area contributed by atoms with Gasteiger partial charge >= 0.3 is 0 Å². The predicted octanol–water partition coefficient (Wildman–Crippen LogP) is 5.18. The average Bonchev–Trinajstić information content (AvgIpc) is 3.12. The largest absolute Gasteiger partial charge is 0.486 e. The molecule has 0 atom stereocenters. The number of nitrogens with one attached hydrogen (secondary N) is 1. The molecule has 6 nitrogen and oxygen atoms in total. The maximum atomic E-state index is 13.3. The fourth-order valence-electron chi connectivity index (χ4n) is 2.71. The van der Waals surface area contributed by atoms with Gasteiger partial charge in [0.25, 0.3) is 0 Å². The lowest BCUT2D eigenvalue weighted by atomic mass is 10.1. The highest BCUT2D eigenvalue weighted by Gasteiger charge is 2.15. The number of amides is 1. The minimum atomic E-state index is -0.512. The summed E-state index contributed by atoms with van der Waals surface area (Å²) in [6.07, 6.45) is 1.71. The molecule has 9 heteroatoms. The van der Waals surface area contributed by atoms with E-state index < -0.39 is 5.82 Å². The maximum absolute atomic E-state index is 13.3. The van der Waals surface area contributed by atoms with E-state index in [1.165, 1.54) is 35.5 Å². The molecular weight excluding hydrogens is 439 g/mol. The second kappa shape index (κ2) is 10.5. The number of rotatable bonds is 9. The number of ether oxygens (including phenoxy) is 1.